The highest BCUT2D eigenvalue weighted by Crippen LogP contribution is 2.25. The van der Waals surface area contributed by atoms with Crippen molar-refractivity contribution in [2.75, 3.05) is 11.1 Å². The molecule has 0 atom stereocenters. The molecule has 1 heterocycles. The molecule has 0 aliphatic rings. The lowest BCUT2D eigenvalue weighted by atomic mass is 9.83. The quantitative estimate of drug-likeness (QED) is 0.673. The van der Waals surface area contributed by atoms with Gasteiger partial charge >= 0.3 is 0 Å². The summed E-state index contributed by atoms with van der Waals surface area (Å²) < 4.78 is 0. The zero-order valence-corrected chi connectivity index (χ0v) is 12.1. The molecular formula is C15H16ClN3O. The lowest BCUT2D eigenvalue weighted by molar-refractivity contribution is -0.120. The van der Waals surface area contributed by atoms with Crippen LogP contribution in [0.15, 0.2) is 42.5 Å². The summed E-state index contributed by atoms with van der Waals surface area (Å²) in [5.41, 5.74) is 6.51. The Morgan fingerprint density at radius 3 is 2.45 bits per heavy atom. The van der Waals surface area contributed by atoms with E-state index in [-0.39, 0.29) is 5.91 Å². The molecule has 1 aromatic heterocycles. The van der Waals surface area contributed by atoms with Crippen LogP contribution in [0.4, 0.5) is 11.5 Å². The van der Waals surface area contributed by atoms with Gasteiger partial charge in [-0.25, -0.2) is 4.98 Å². The van der Waals surface area contributed by atoms with E-state index < -0.39 is 5.41 Å². The van der Waals surface area contributed by atoms with Crippen molar-refractivity contribution in [2.45, 2.75) is 19.3 Å². The van der Waals surface area contributed by atoms with Crippen LogP contribution in [-0.4, -0.2) is 10.9 Å². The molecule has 0 bridgehead atoms. The maximum Gasteiger partial charge on any atom is 0.235 e. The maximum atomic E-state index is 12.4. The number of carbonyl (C=O) groups is 1. The Labute approximate surface area is 123 Å². The summed E-state index contributed by atoms with van der Waals surface area (Å²) in [5.74, 6) is 0.281. The zero-order valence-electron chi connectivity index (χ0n) is 11.4. The summed E-state index contributed by atoms with van der Waals surface area (Å²) in [6, 6.07) is 12.3. The van der Waals surface area contributed by atoms with Crippen molar-refractivity contribution in [3.63, 3.8) is 0 Å². The van der Waals surface area contributed by atoms with E-state index >= 15 is 0 Å². The van der Waals surface area contributed by atoms with Gasteiger partial charge in [-0.3, -0.25) is 4.79 Å². The molecule has 104 valence electrons. The molecule has 0 saturated carbocycles. The van der Waals surface area contributed by atoms with Crippen LogP contribution in [-0.2, 0) is 10.2 Å². The molecule has 0 aliphatic heterocycles. The van der Waals surface area contributed by atoms with Gasteiger partial charge in [0, 0.05) is 5.69 Å². The van der Waals surface area contributed by atoms with Crippen molar-refractivity contribution in [1.82, 2.24) is 4.98 Å². The molecule has 1 aromatic carbocycles. The van der Waals surface area contributed by atoms with Crippen molar-refractivity contribution in [3.05, 3.63) is 53.2 Å². The molecule has 0 unspecified atom stereocenters. The van der Waals surface area contributed by atoms with Crippen LogP contribution in [0.5, 0.6) is 0 Å². The number of nitrogen functional groups attached to an aromatic ring is 1. The first-order chi connectivity index (χ1) is 9.39. The van der Waals surface area contributed by atoms with E-state index in [1.54, 1.807) is 30.3 Å². The average Bonchev–Trinajstić information content (AvgIpc) is 2.39. The first-order valence-electron chi connectivity index (χ1n) is 6.19. The van der Waals surface area contributed by atoms with Gasteiger partial charge in [0.15, 0.2) is 0 Å². The monoisotopic (exact) mass is 289 g/mol. The topological polar surface area (TPSA) is 68.0 Å². The fraction of sp³-hybridized carbons (Fsp3) is 0.200. The second kappa shape index (κ2) is 5.51. The fourth-order valence-corrected chi connectivity index (χ4v) is 1.95. The number of nitrogens with one attached hydrogen (secondary N) is 1. The molecule has 5 heteroatoms. The summed E-state index contributed by atoms with van der Waals surface area (Å²) >= 11 is 5.80. The lowest BCUT2D eigenvalue weighted by Gasteiger charge is -2.24. The Bertz CT molecular complexity index is 623. The van der Waals surface area contributed by atoms with Crippen LogP contribution in [0.25, 0.3) is 0 Å². The minimum Gasteiger partial charge on any atom is -0.399 e. The molecule has 0 aliphatic carbocycles. The second-order valence-electron chi connectivity index (χ2n) is 5.05. The Kier molecular flexibility index (Phi) is 3.95. The first kappa shape index (κ1) is 14.3. The number of rotatable bonds is 3. The third-order valence-electron chi connectivity index (χ3n) is 3.16. The highest BCUT2D eigenvalue weighted by atomic mass is 35.5. The number of halogens is 1. The van der Waals surface area contributed by atoms with Gasteiger partial charge in [-0.2, -0.15) is 0 Å². The Morgan fingerprint density at radius 2 is 1.85 bits per heavy atom. The Balaban J connectivity index is 2.21. The van der Waals surface area contributed by atoms with Crippen molar-refractivity contribution < 1.29 is 4.79 Å². The van der Waals surface area contributed by atoms with Gasteiger partial charge in [-0.15, -0.1) is 0 Å². The van der Waals surface area contributed by atoms with Crippen molar-refractivity contribution in [2.24, 2.45) is 0 Å². The minimum atomic E-state index is -0.697. The number of carbonyl (C=O) groups excluding carboxylic acids is 1. The summed E-state index contributed by atoms with van der Waals surface area (Å²) in [7, 11) is 0. The van der Waals surface area contributed by atoms with Crippen molar-refractivity contribution in [3.8, 4) is 0 Å². The van der Waals surface area contributed by atoms with E-state index in [4.69, 9.17) is 17.3 Å². The van der Waals surface area contributed by atoms with Crippen LogP contribution >= 0.6 is 11.6 Å². The highest BCUT2D eigenvalue weighted by Gasteiger charge is 2.30. The van der Waals surface area contributed by atoms with Crippen LogP contribution in [0.3, 0.4) is 0 Å². The van der Waals surface area contributed by atoms with Gasteiger partial charge in [-0.1, -0.05) is 29.8 Å². The number of hydrogen-bond acceptors (Lipinski definition) is 3. The van der Waals surface area contributed by atoms with E-state index in [0.717, 1.165) is 5.56 Å². The fourth-order valence-electron chi connectivity index (χ4n) is 1.78. The Morgan fingerprint density at radius 1 is 1.20 bits per heavy atom. The number of nitrogens with two attached hydrogens (primary N) is 1. The molecule has 2 aromatic rings. The largest absolute Gasteiger partial charge is 0.399 e. The molecule has 20 heavy (non-hydrogen) atoms. The molecule has 0 saturated heterocycles. The number of hydrogen-bond donors (Lipinski definition) is 2. The second-order valence-corrected chi connectivity index (χ2v) is 5.43. The summed E-state index contributed by atoms with van der Waals surface area (Å²) in [5, 5.41) is 3.11. The number of benzene rings is 1. The highest BCUT2D eigenvalue weighted by molar-refractivity contribution is 6.29. The first-order valence-corrected chi connectivity index (χ1v) is 6.57. The molecule has 0 fully saturated rings. The van der Waals surface area contributed by atoms with Gasteiger partial charge < -0.3 is 11.1 Å². The molecule has 0 radical (unpaired) electrons. The summed E-state index contributed by atoms with van der Waals surface area (Å²) in [6.07, 6.45) is 0. The molecule has 0 spiro atoms. The molecule has 1 amide bonds. The number of aromatic nitrogens is 1. The maximum absolute atomic E-state index is 12.4. The van der Waals surface area contributed by atoms with Gasteiger partial charge in [0.1, 0.15) is 11.0 Å². The summed E-state index contributed by atoms with van der Waals surface area (Å²) in [4.78, 5) is 16.5. The van der Waals surface area contributed by atoms with E-state index in [9.17, 15) is 4.79 Å². The summed E-state index contributed by atoms with van der Waals surface area (Å²) in [6.45, 7) is 3.69. The van der Waals surface area contributed by atoms with Crippen LogP contribution in [0.1, 0.15) is 19.4 Å². The third-order valence-corrected chi connectivity index (χ3v) is 3.37. The molecular weight excluding hydrogens is 274 g/mol. The third kappa shape index (κ3) is 3.08. The molecule has 2 rings (SSSR count). The molecule has 4 nitrogen and oxygen atoms in total. The van der Waals surface area contributed by atoms with Gasteiger partial charge in [0.25, 0.3) is 0 Å². The number of amides is 1. The van der Waals surface area contributed by atoms with Crippen LogP contribution in [0.2, 0.25) is 5.15 Å². The number of pyridine rings is 1. The molecule has 3 N–H and O–H groups in total. The minimum absolute atomic E-state index is 0.156. The zero-order chi connectivity index (χ0) is 14.8. The predicted octanol–water partition coefficient (Wildman–Crippen LogP) is 3.23. The van der Waals surface area contributed by atoms with Crippen molar-refractivity contribution in [1.29, 1.82) is 0 Å². The SMILES string of the molecule is CC(C)(C(=O)Nc1cccc(Cl)n1)c1ccc(N)cc1. The van der Waals surface area contributed by atoms with Crippen molar-refractivity contribution >= 4 is 29.0 Å². The van der Waals surface area contributed by atoms with Gasteiger partial charge in [0.2, 0.25) is 5.91 Å². The average molecular weight is 290 g/mol. The number of anilines is 2. The van der Waals surface area contributed by atoms with E-state index in [1.807, 2.05) is 26.0 Å². The normalized spacial score (nSPS) is 11.2. The van der Waals surface area contributed by atoms with Crippen LogP contribution < -0.4 is 11.1 Å². The van der Waals surface area contributed by atoms with Gasteiger partial charge in [-0.05, 0) is 43.7 Å². The van der Waals surface area contributed by atoms with E-state index in [0.29, 0.717) is 16.7 Å². The van der Waals surface area contributed by atoms with Gasteiger partial charge in [0.05, 0.1) is 5.41 Å². The predicted molar refractivity (Wildman–Crippen MR) is 81.8 cm³/mol. The standard InChI is InChI=1S/C15H16ClN3O/c1-15(2,10-6-8-11(17)9-7-10)14(20)19-13-5-3-4-12(16)18-13/h3-9H,17H2,1-2H3,(H,18,19,20). The van der Waals surface area contributed by atoms with E-state index in [1.165, 1.54) is 0 Å². The lowest BCUT2D eigenvalue weighted by Crippen LogP contribution is -2.35. The van der Waals surface area contributed by atoms with Crippen LogP contribution in [0, 0.1) is 0 Å². The number of nitrogens with zero attached hydrogens (tertiary/aromatic N) is 1. The Hall–Kier alpha value is -2.07. The smallest absolute Gasteiger partial charge is 0.235 e. The van der Waals surface area contributed by atoms with E-state index in [2.05, 4.69) is 10.3 Å².